The lowest BCUT2D eigenvalue weighted by Crippen LogP contribution is -2.21. The van der Waals surface area contributed by atoms with Crippen molar-refractivity contribution in [3.63, 3.8) is 0 Å². The highest BCUT2D eigenvalue weighted by Crippen LogP contribution is 2.04. The zero-order chi connectivity index (χ0) is 6.85. The van der Waals surface area contributed by atoms with Gasteiger partial charge in [-0.3, -0.25) is 0 Å². The van der Waals surface area contributed by atoms with Crippen LogP contribution >= 0.6 is 0 Å². The Labute approximate surface area is 55.0 Å². The molecule has 0 unspecified atom stereocenters. The molecular weight excluding hydrogens is 112 g/mol. The van der Waals surface area contributed by atoms with Crippen molar-refractivity contribution in [2.75, 3.05) is 13.6 Å². The van der Waals surface area contributed by atoms with E-state index in [0.29, 0.717) is 5.71 Å². The van der Waals surface area contributed by atoms with Crippen LogP contribution in [0.15, 0.2) is 24.4 Å². The molecule has 0 aromatic heterocycles. The van der Waals surface area contributed by atoms with Crippen molar-refractivity contribution in [3.05, 3.63) is 24.4 Å². The molecule has 2 heteroatoms. The summed E-state index contributed by atoms with van der Waals surface area (Å²) in [5.74, 6) is 0. The van der Waals surface area contributed by atoms with E-state index in [1.54, 1.807) is 6.08 Å². The minimum Gasteiger partial charge on any atom is -0.376 e. The number of nitrogens with zero attached hydrogens (tertiary/aromatic N) is 1. The summed E-state index contributed by atoms with van der Waals surface area (Å²) >= 11 is 0. The Morgan fingerprint density at radius 3 is 2.89 bits per heavy atom. The molecule has 0 atom stereocenters. The molecule has 0 spiro atoms. The van der Waals surface area contributed by atoms with E-state index in [4.69, 9.17) is 5.41 Å². The van der Waals surface area contributed by atoms with Gasteiger partial charge in [0, 0.05) is 19.8 Å². The van der Waals surface area contributed by atoms with Gasteiger partial charge in [-0.05, 0) is 11.6 Å². The van der Waals surface area contributed by atoms with Crippen LogP contribution in [-0.2, 0) is 0 Å². The Kier molecular flexibility index (Phi) is 1.39. The van der Waals surface area contributed by atoms with Crippen LogP contribution in [0.4, 0.5) is 0 Å². The maximum absolute atomic E-state index is 7.27. The molecule has 1 heterocycles. The third kappa shape index (κ3) is 1.19. The van der Waals surface area contributed by atoms with E-state index in [1.165, 1.54) is 0 Å². The van der Waals surface area contributed by atoms with Crippen LogP contribution in [0.3, 0.4) is 0 Å². The molecule has 0 bridgehead atoms. The lowest BCUT2D eigenvalue weighted by atomic mass is 10.1. The lowest BCUT2D eigenvalue weighted by molar-refractivity contribution is 0.499. The van der Waals surface area contributed by atoms with Gasteiger partial charge in [-0.15, -0.1) is 0 Å². The van der Waals surface area contributed by atoms with E-state index in [-0.39, 0.29) is 0 Å². The van der Waals surface area contributed by atoms with Gasteiger partial charge in [0.15, 0.2) is 0 Å². The van der Waals surface area contributed by atoms with Gasteiger partial charge in [-0.1, -0.05) is 6.58 Å². The van der Waals surface area contributed by atoms with E-state index in [2.05, 4.69) is 6.58 Å². The SMILES string of the molecule is C=C1CN(C)C=CC1=N. The summed E-state index contributed by atoms with van der Waals surface area (Å²) in [6, 6.07) is 0. The normalized spacial score (nSPS) is 19.0. The number of hydrogen-bond acceptors (Lipinski definition) is 2. The van der Waals surface area contributed by atoms with Crippen LogP contribution in [-0.4, -0.2) is 24.2 Å². The molecule has 2 nitrogen and oxygen atoms in total. The molecule has 0 saturated heterocycles. The van der Waals surface area contributed by atoms with Gasteiger partial charge in [0.2, 0.25) is 0 Å². The summed E-state index contributed by atoms with van der Waals surface area (Å²) < 4.78 is 0. The van der Waals surface area contributed by atoms with Crippen molar-refractivity contribution in [3.8, 4) is 0 Å². The van der Waals surface area contributed by atoms with Crippen molar-refractivity contribution in [2.24, 2.45) is 0 Å². The van der Waals surface area contributed by atoms with E-state index in [9.17, 15) is 0 Å². The molecule has 0 aromatic carbocycles. The molecule has 1 aliphatic heterocycles. The van der Waals surface area contributed by atoms with Gasteiger partial charge in [0.25, 0.3) is 0 Å². The standard InChI is InChI=1S/C7H10N2/c1-6-5-9(2)4-3-7(6)8/h3-4,8H,1,5H2,2H3. The summed E-state index contributed by atoms with van der Waals surface area (Å²) in [4.78, 5) is 2.00. The highest BCUT2D eigenvalue weighted by atomic mass is 15.1. The molecule has 48 valence electrons. The Bertz CT molecular complexity index is 179. The number of allylic oxidation sites excluding steroid dienone is 1. The van der Waals surface area contributed by atoms with E-state index in [1.807, 2.05) is 18.1 Å². The largest absolute Gasteiger partial charge is 0.376 e. The van der Waals surface area contributed by atoms with Crippen LogP contribution < -0.4 is 0 Å². The fourth-order valence-electron chi connectivity index (χ4n) is 0.759. The summed E-state index contributed by atoms with van der Waals surface area (Å²) in [7, 11) is 1.97. The summed E-state index contributed by atoms with van der Waals surface area (Å²) in [6.07, 6.45) is 3.64. The zero-order valence-electron chi connectivity index (χ0n) is 5.52. The van der Waals surface area contributed by atoms with Crippen molar-refractivity contribution in [1.29, 1.82) is 5.41 Å². The Morgan fingerprint density at radius 1 is 1.78 bits per heavy atom. The third-order valence-electron chi connectivity index (χ3n) is 1.32. The lowest BCUT2D eigenvalue weighted by Gasteiger charge is -2.19. The van der Waals surface area contributed by atoms with Gasteiger partial charge in [-0.2, -0.15) is 0 Å². The topological polar surface area (TPSA) is 27.1 Å². The quantitative estimate of drug-likeness (QED) is 0.510. The van der Waals surface area contributed by atoms with E-state index < -0.39 is 0 Å². The fraction of sp³-hybridized carbons (Fsp3) is 0.286. The first-order valence-electron chi connectivity index (χ1n) is 2.85. The second-order valence-electron chi connectivity index (χ2n) is 2.25. The predicted molar refractivity (Wildman–Crippen MR) is 38.6 cm³/mol. The highest BCUT2D eigenvalue weighted by molar-refractivity contribution is 6.06. The number of hydrogen-bond donors (Lipinski definition) is 1. The van der Waals surface area contributed by atoms with Crippen molar-refractivity contribution in [1.82, 2.24) is 4.90 Å². The van der Waals surface area contributed by atoms with Crippen LogP contribution in [0.25, 0.3) is 0 Å². The van der Waals surface area contributed by atoms with Gasteiger partial charge >= 0.3 is 0 Å². The van der Waals surface area contributed by atoms with Crippen LogP contribution in [0, 0.1) is 5.41 Å². The second kappa shape index (κ2) is 2.05. The first-order valence-corrected chi connectivity index (χ1v) is 2.85. The molecule has 0 amide bonds. The van der Waals surface area contributed by atoms with Gasteiger partial charge in [0.1, 0.15) is 0 Å². The third-order valence-corrected chi connectivity index (χ3v) is 1.32. The van der Waals surface area contributed by atoms with Gasteiger partial charge in [0.05, 0.1) is 5.71 Å². The van der Waals surface area contributed by atoms with E-state index in [0.717, 1.165) is 12.1 Å². The molecule has 1 rings (SSSR count). The summed E-state index contributed by atoms with van der Waals surface area (Å²) in [6.45, 7) is 4.52. The average molecular weight is 122 g/mol. The molecule has 1 N–H and O–H groups in total. The maximum Gasteiger partial charge on any atom is 0.0598 e. The maximum atomic E-state index is 7.27. The predicted octanol–water partition coefficient (Wildman–Crippen LogP) is 1.02. The monoisotopic (exact) mass is 122 g/mol. The molecule has 0 aromatic rings. The summed E-state index contributed by atoms with van der Waals surface area (Å²) in [5.41, 5.74) is 1.44. The number of rotatable bonds is 0. The first kappa shape index (κ1) is 6.08. The first-order chi connectivity index (χ1) is 4.20. The van der Waals surface area contributed by atoms with Crippen molar-refractivity contribution >= 4 is 5.71 Å². The van der Waals surface area contributed by atoms with Crippen molar-refractivity contribution < 1.29 is 0 Å². The Balaban J connectivity index is 2.77. The smallest absolute Gasteiger partial charge is 0.0598 e. The van der Waals surface area contributed by atoms with E-state index >= 15 is 0 Å². The summed E-state index contributed by atoms with van der Waals surface area (Å²) in [5, 5.41) is 7.27. The molecule has 9 heavy (non-hydrogen) atoms. The number of likely N-dealkylation sites (N-methyl/N-ethyl adjacent to an activating group) is 1. The zero-order valence-corrected chi connectivity index (χ0v) is 5.52. The minimum atomic E-state index is 0.549. The Morgan fingerprint density at radius 2 is 2.44 bits per heavy atom. The minimum absolute atomic E-state index is 0.549. The average Bonchev–Trinajstić information content (AvgIpc) is 1.80. The van der Waals surface area contributed by atoms with Crippen molar-refractivity contribution in [2.45, 2.75) is 0 Å². The van der Waals surface area contributed by atoms with Crippen LogP contribution in [0.1, 0.15) is 0 Å². The highest BCUT2D eigenvalue weighted by Gasteiger charge is 2.05. The van der Waals surface area contributed by atoms with Crippen LogP contribution in [0.2, 0.25) is 0 Å². The molecule has 0 saturated carbocycles. The molecule has 0 radical (unpaired) electrons. The molecule has 0 aliphatic carbocycles. The molecule has 1 aliphatic rings. The number of nitrogens with one attached hydrogen (secondary N) is 1. The Hall–Kier alpha value is -1.05. The fourth-order valence-corrected chi connectivity index (χ4v) is 0.759. The molecular formula is C7H10N2. The second-order valence-corrected chi connectivity index (χ2v) is 2.25. The van der Waals surface area contributed by atoms with Crippen LogP contribution in [0.5, 0.6) is 0 Å². The van der Waals surface area contributed by atoms with Gasteiger partial charge < -0.3 is 10.3 Å². The molecule has 0 fully saturated rings. The van der Waals surface area contributed by atoms with Gasteiger partial charge in [-0.25, -0.2) is 0 Å².